The first-order valence-corrected chi connectivity index (χ1v) is 5.94. The Bertz CT molecular complexity index is 434. The molecule has 0 saturated carbocycles. The van der Waals surface area contributed by atoms with Crippen molar-refractivity contribution in [3.8, 4) is 6.07 Å². The van der Waals surface area contributed by atoms with Crippen LogP contribution in [-0.4, -0.2) is 30.6 Å². The highest BCUT2D eigenvalue weighted by molar-refractivity contribution is 5.75. The lowest BCUT2D eigenvalue weighted by molar-refractivity contribution is -0.148. The number of likely N-dealkylation sites (N-methyl/N-ethyl adjacent to an activating group) is 1. The van der Waals surface area contributed by atoms with E-state index >= 15 is 0 Å². The van der Waals surface area contributed by atoms with Crippen molar-refractivity contribution in [3.05, 3.63) is 35.4 Å². The summed E-state index contributed by atoms with van der Waals surface area (Å²) in [5, 5.41) is 8.71. The molecular formula is C14H18N2O2. The van der Waals surface area contributed by atoms with E-state index in [1.165, 1.54) is 0 Å². The Balaban J connectivity index is 2.60. The van der Waals surface area contributed by atoms with Crippen LogP contribution < -0.4 is 0 Å². The highest BCUT2D eigenvalue weighted by atomic mass is 16.5. The summed E-state index contributed by atoms with van der Waals surface area (Å²) >= 11 is 0. The molecule has 4 nitrogen and oxygen atoms in total. The van der Waals surface area contributed by atoms with Crippen LogP contribution in [-0.2, 0) is 16.1 Å². The molecule has 0 heterocycles. The second-order valence-corrected chi connectivity index (χ2v) is 4.15. The van der Waals surface area contributed by atoms with E-state index in [0.717, 1.165) is 5.56 Å². The lowest BCUT2D eigenvalue weighted by Gasteiger charge is -2.22. The molecule has 0 spiro atoms. The molecule has 0 radical (unpaired) electrons. The third kappa shape index (κ3) is 3.86. The first-order chi connectivity index (χ1) is 8.58. The molecule has 1 rings (SSSR count). The third-order valence-electron chi connectivity index (χ3n) is 2.80. The number of hydrogen-bond acceptors (Lipinski definition) is 4. The zero-order chi connectivity index (χ0) is 13.5. The molecule has 0 aliphatic rings. The molecular weight excluding hydrogens is 228 g/mol. The van der Waals surface area contributed by atoms with Gasteiger partial charge in [0.1, 0.15) is 6.04 Å². The SMILES string of the molecule is CCOC(=O)[C@H](C)N(C)Cc1ccc(C#N)cc1. The molecule has 0 saturated heterocycles. The maximum absolute atomic E-state index is 11.6. The fraction of sp³-hybridized carbons (Fsp3) is 0.429. The molecule has 96 valence electrons. The largest absolute Gasteiger partial charge is 0.465 e. The van der Waals surface area contributed by atoms with Gasteiger partial charge < -0.3 is 4.74 Å². The van der Waals surface area contributed by atoms with Gasteiger partial charge in [0.25, 0.3) is 0 Å². The van der Waals surface area contributed by atoms with E-state index in [1.54, 1.807) is 19.1 Å². The molecule has 0 bridgehead atoms. The van der Waals surface area contributed by atoms with Gasteiger partial charge in [-0.25, -0.2) is 0 Å². The number of carbonyl (C=O) groups excluding carboxylic acids is 1. The summed E-state index contributed by atoms with van der Waals surface area (Å²) in [7, 11) is 1.87. The summed E-state index contributed by atoms with van der Waals surface area (Å²) in [6, 6.07) is 9.14. The third-order valence-corrected chi connectivity index (χ3v) is 2.80. The van der Waals surface area contributed by atoms with Crippen LogP contribution in [0.15, 0.2) is 24.3 Å². The fourth-order valence-corrected chi connectivity index (χ4v) is 1.55. The lowest BCUT2D eigenvalue weighted by Crippen LogP contribution is -2.36. The minimum atomic E-state index is -0.277. The Morgan fingerprint density at radius 1 is 1.44 bits per heavy atom. The van der Waals surface area contributed by atoms with Gasteiger partial charge in [0.15, 0.2) is 0 Å². The summed E-state index contributed by atoms with van der Waals surface area (Å²) < 4.78 is 4.98. The number of hydrogen-bond donors (Lipinski definition) is 0. The van der Waals surface area contributed by atoms with E-state index in [0.29, 0.717) is 18.7 Å². The smallest absolute Gasteiger partial charge is 0.323 e. The van der Waals surface area contributed by atoms with Gasteiger partial charge in [-0.3, -0.25) is 9.69 Å². The molecule has 0 unspecified atom stereocenters. The van der Waals surface area contributed by atoms with Crippen molar-refractivity contribution in [2.45, 2.75) is 26.4 Å². The Morgan fingerprint density at radius 3 is 2.56 bits per heavy atom. The number of benzene rings is 1. The van der Waals surface area contributed by atoms with E-state index < -0.39 is 0 Å². The van der Waals surface area contributed by atoms with Crippen LogP contribution >= 0.6 is 0 Å². The van der Waals surface area contributed by atoms with Crippen molar-refractivity contribution < 1.29 is 9.53 Å². The molecule has 1 aromatic carbocycles. The summed E-state index contributed by atoms with van der Waals surface area (Å²) in [6.45, 7) is 4.66. The van der Waals surface area contributed by atoms with Crippen molar-refractivity contribution in [2.75, 3.05) is 13.7 Å². The second kappa shape index (κ2) is 6.77. The number of ether oxygens (including phenoxy) is 1. The lowest BCUT2D eigenvalue weighted by atomic mass is 10.1. The summed E-state index contributed by atoms with van der Waals surface area (Å²) in [5.74, 6) is -0.214. The summed E-state index contributed by atoms with van der Waals surface area (Å²) in [5.41, 5.74) is 1.70. The average molecular weight is 246 g/mol. The van der Waals surface area contributed by atoms with Gasteiger partial charge in [0.2, 0.25) is 0 Å². The quantitative estimate of drug-likeness (QED) is 0.745. The summed E-state index contributed by atoms with van der Waals surface area (Å²) in [4.78, 5) is 13.5. The number of nitrogens with zero attached hydrogens (tertiary/aromatic N) is 2. The van der Waals surface area contributed by atoms with E-state index in [4.69, 9.17) is 10.00 Å². The van der Waals surface area contributed by atoms with Gasteiger partial charge in [-0.05, 0) is 38.6 Å². The molecule has 4 heteroatoms. The van der Waals surface area contributed by atoms with Gasteiger partial charge >= 0.3 is 5.97 Å². The second-order valence-electron chi connectivity index (χ2n) is 4.15. The normalized spacial score (nSPS) is 11.9. The summed E-state index contributed by atoms with van der Waals surface area (Å²) in [6.07, 6.45) is 0. The molecule has 0 fully saturated rings. The standard InChI is InChI=1S/C14H18N2O2/c1-4-18-14(17)11(2)16(3)10-13-7-5-12(9-15)6-8-13/h5-8,11H,4,10H2,1-3H3/t11-/m0/s1. The fourth-order valence-electron chi connectivity index (χ4n) is 1.55. The van der Waals surface area contributed by atoms with Crippen LogP contribution in [0.4, 0.5) is 0 Å². The van der Waals surface area contributed by atoms with Crippen LogP contribution in [0.2, 0.25) is 0 Å². The van der Waals surface area contributed by atoms with E-state index in [1.807, 2.05) is 31.0 Å². The van der Waals surface area contributed by atoms with Gasteiger partial charge in [-0.1, -0.05) is 12.1 Å². The molecule has 0 aliphatic carbocycles. The highest BCUT2D eigenvalue weighted by Gasteiger charge is 2.18. The molecule has 0 amide bonds. The van der Waals surface area contributed by atoms with Crippen molar-refractivity contribution >= 4 is 5.97 Å². The van der Waals surface area contributed by atoms with E-state index in [2.05, 4.69) is 6.07 Å². The van der Waals surface area contributed by atoms with Crippen molar-refractivity contribution in [1.82, 2.24) is 4.90 Å². The van der Waals surface area contributed by atoms with Crippen molar-refractivity contribution in [3.63, 3.8) is 0 Å². The van der Waals surface area contributed by atoms with Gasteiger partial charge in [0, 0.05) is 6.54 Å². The van der Waals surface area contributed by atoms with E-state index in [9.17, 15) is 4.79 Å². The molecule has 0 N–H and O–H groups in total. The minimum absolute atomic E-state index is 0.214. The molecule has 0 aliphatic heterocycles. The predicted molar refractivity (Wildman–Crippen MR) is 68.7 cm³/mol. The minimum Gasteiger partial charge on any atom is -0.465 e. The Hall–Kier alpha value is -1.86. The molecule has 1 atom stereocenters. The molecule has 1 aromatic rings. The van der Waals surface area contributed by atoms with Gasteiger partial charge in [-0.2, -0.15) is 5.26 Å². The monoisotopic (exact) mass is 246 g/mol. The number of carbonyl (C=O) groups is 1. The Morgan fingerprint density at radius 2 is 2.06 bits per heavy atom. The van der Waals surface area contributed by atoms with Crippen LogP contribution in [0.3, 0.4) is 0 Å². The highest BCUT2D eigenvalue weighted by Crippen LogP contribution is 2.09. The first kappa shape index (κ1) is 14.2. The van der Waals surface area contributed by atoms with Crippen molar-refractivity contribution in [2.24, 2.45) is 0 Å². The van der Waals surface area contributed by atoms with Crippen LogP contribution in [0.1, 0.15) is 25.0 Å². The molecule has 0 aromatic heterocycles. The maximum atomic E-state index is 11.6. The van der Waals surface area contributed by atoms with Crippen LogP contribution in [0.5, 0.6) is 0 Å². The first-order valence-electron chi connectivity index (χ1n) is 5.94. The van der Waals surface area contributed by atoms with Crippen molar-refractivity contribution in [1.29, 1.82) is 5.26 Å². The molecule has 18 heavy (non-hydrogen) atoms. The van der Waals surface area contributed by atoms with E-state index in [-0.39, 0.29) is 12.0 Å². The zero-order valence-electron chi connectivity index (χ0n) is 11.0. The topological polar surface area (TPSA) is 53.3 Å². The zero-order valence-corrected chi connectivity index (χ0v) is 11.0. The van der Waals surface area contributed by atoms with Crippen LogP contribution in [0, 0.1) is 11.3 Å². The van der Waals surface area contributed by atoms with Gasteiger partial charge in [0.05, 0.1) is 18.2 Å². The maximum Gasteiger partial charge on any atom is 0.323 e. The average Bonchev–Trinajstić information content (AvgIpc) is 2.39. The Kier molecular flexibility index (Phi) is 5.34. The number of nitriles is 1. The number of rotatable bonds is 5. The predicted octanol–water partition coefficient (Wildman–Crippen LogP) is 1.94. The van der Waals surface area contributed by atoms with Gasteiger partial charge in [-0.15, -0.1) is 0 Å². The number of esters is 1. The van der Waals surface area contributed by atoms with Crippen LogP contribution in [0.25, 0.3) is 0 Å². The Labute approximate surface area is 108 Å².